The normalized spacial score (nSPS) is 10.5. The average molecular weight is 391 g/mol. The van der Waals surface area contributed by atoms with Crippen LogP contribution in [0.4, 0.5) is 11.5 Å². The van der Waals surface area contributed by atoms with Gasteiger partial charge in [0.25, 0.3) is 5.91 Å². The van der Waals surface area contributed by atoms with Gasteiger partial charge >= 0.3 is 0 Å². The third-order valence-corrected chi connectivity index (χ3v) is 4.50. The van der Waals surface area contributed by atoms with Gasteiger partial charge in [-0.05, 0) is 43.5 Å². The van der Waals surface area contributed by atoms with E-state index in [4.69, 9.17) is 0 Å². The molecule has 2 aromatic rings. The van der Waals surface area contributed by atoms with Crippen LogP contribution in [0, 0.1) is 6.92 Å². The summed E-state index contributed by atoms with van der Waals surface area (Å²) >= 11 is 3.46. The molecule has 0 fully saturated rings. The molecule has 6 heteroatoms. The molecule has 0 atom stereocenters. The lowest BCUT2D eigenvalue weighted by atomic mass is 10.2. The molecule has 0 bridgehead atoms. The molecular formula is C18H23BrN4O. The summed E-state index contributed by atoms with van der Waals surface area (Å²) in [7, 11) is 0. The summed E-state index contributed by atoms with van der Waals surface area (Å²) in [4.78, 5) is 23.1. The first-order chi connectivity index (χ1) is 11.5. The number of amides is 1. The molecule has 0 aliphatic rings. The van der Waals surface area contributed by atoms with Crippen LogP contribution in [-0.2, 0) is 0 Å². The number of carbonyl (C=O) groups excluding carboxylic acids is 1. The van der Waals surface area contributed by atoms with Crippen LogP contribution in [0.1, 0.15) is 42.7 Å². The Hall–Kier alpha value is -1.95. The molecule has 0 spiro atoms. The Labute approximate surface area is 151 Å². The molecular weight excluding hydrogens is 368 g/mol. The molecule has 24 heavy (non-hydrogen) atoms. The van der Waals surface area contributed by atoms with Gasteiger partial charge in [0.05, 0.1) is 0 Å². The monoisotopic (exact) mass is 390 g/mol. The van der Waals surface area contributed by atoms with E-state index in [0.29, 0.717) is 5.69 Å². The second-order valence-electron chi connectivity index (χ2n) is 5.67. The molecule has 1 heterocycles. The zero-order chi connectivity index (χ0) is 17.5. The van der Waals surface area contributed by atoms with Gasteiger partial charge in [-0.3, -0.25) is 4.79 Å². The van der Waals surface area contributed by atoms with Crippen molar-refractivity contribution < 1.29 is 4.79 Å². The van der Waals surface area contributed by atoms with E-state index < -0.39 is 0 Å². The number of carbonyl (C=O) groups is 1. The number of hydrogen-bond donors (Lipinski definition) is 1. The summed E-state index contributed by atoms with van der Waals surface area (Å²) in [6.07, 6.45) is 3.52. The lowest BCUT2D eigenvalue weighted by Crippen LogP contribution is -2.26. The van der Waals surface area contributed by atoms with E-state index >= 15 is 0 Å². The summed E-state index contributed by atoms with van der Waals surface area (Å²) in [5, 5.41) is 2.89. The van der Waals surface area contributed by atoms with E-state index in [-0.39, 0.29) is 5.91 Å². The summed E-state index contributed by atoms with van der Waals surface area (Å²) in [5.74, 6) is 0.569. The van der Waals surface area contributed by atoms with E-state index in [9.17, 15) is 4.79 Å². The van der Waals surface area contributed by atoms with Crippen LogP contribution in [0.5, 0.6) is 0 Å². The van der Waals surface area contributed by atoms with Crippen LogP contribution in [0.25, 0.3) is 0 Å². The van der Waals surface area contributed by atoms with Gasteiger partial charge in [-0.15, -0.1) is 0 Å². The number of benzene rings is 1. The SMILES string of the molecule is CCCN(CCC)c1cc(C(=O)Nc2ccc(Br)c(C)c2)ncn1. The molecule has 128 valence electrons. The van der Waals surface area contributed by atoms with E-state index in [1.165, 1.54) is 6.33 Å². The molecule has 5 nitrogen and oxygen atoms in total. The van der Waals surface area contributed by atoms with Crippen molar-refractivity contribution in [2.45, 2.75) is 33.6 Å². The molecule has 1 aromatic heterocycles. The number of aryl methyl sites for hydroxylation is 1. The van der Waals surface area contributed by atoms with Crippen molar-refractivity contribution in [3.63, 3.8) is 0 Å². The average Bonchev–Trinajstić information content (AvgIpc) is 2.58. The maximum atomic E-state index is 12.5. The Bertz CT molecular complexity index is 699. The summed E-state index contributed by atoms with van der Waals surface area (Å²) in [5.41, 5.74) is 2.19. The molecule has 2 rings (SSSR count). The fraction of sp³-hybridized carbons (Fsp3) is 0.389. The first kappa shape index (κ1) is 18.4. The second kappa shape index (κ2) is 8.78. The van der Waals surface area contributed by atoms with Crippen molar-refractivity contribution in [1.82, 2.24) is 9.97 Å². The molecule has 0 radical (unpaired) electrons. The maximum Gasteiger partial charge on any atom is 0.274 e. The molecule has 0 saturated carbocycles. The molecule has 0 aliphatic carbocycles. The lowest BCUT2D eigenvalue weighted by Gasteiger charge is -2.22. The highest BCUT2D eigenvalue weighted by atomic mass is 79.9. The number of nitrogens with zero attached hydrogens (tertiary/aromatic N) is 3. The highest BCUT2D eigenvalue weighted by Gasteiger charge is 2.13. The zero-order valence-electron chi connectivity index (χ0n) is 14.3. The number of rotatable bonds is 7. The second-order valence-corrected chi connectivity index (χ2v) is 6.52. The lowest BCUT2D eigenvalue weighted by molar-refractivity contribution is 0.102. The van der Waals surface area contributed by atoms with Crippen molar-refractivity contribution in [3.05, 3.63) is 46.3 Å². The summed E-state index contributed by atoms with van der Waals surface area (Å²) in [6.45, 7) is 8.08. The molecule has 0 unspecified atom stereocenters. The zero-order valence-corrected chi connectivity index (χ0v) is 15.9. The Morgan fingerprint density at radius 2 is 1.88 bits per heavy atom. The molecule has 1 N–H and O–H groups in total. The molecule has 0 aliphatic heterocycles. The first-order valence-corrected chi connectivity index (χ1v) is 8.99. The van der Waals surface area contributed by atoms with Crippen LogP contribution in [0.2, 0.25) is 0 Å². The highest BCUT2D eigenvalue weighted by molar-refractivity contribution is 9.10. The van der Waals surface area contributed by atoms with Gasteiger partial charge in [0.15, 0.2) is 0 Å². The minimum Gasteiger partial charge on any atom is -0.357 e. The van der Waals surface area contributed by atoms with Gasteiger partial charge < -0.3 is 10.2 Å². The summed E-state index contributed by atoms with van der Waals surface area (Å²) < 4.78 is 1.01. The third-order valence-electron chi connectivity index (χ3n) is 3.61. The van der Waals surface area contributed by atoms with Crippen molar-refractivity contribution in [2.24, 2.45) is 0 Å². The predicted molar refractivity (Wildman–Crippen MR) is 102 cm³/mol. The van der Waals surface area contributed by atoms with E-state index in [2.05, 4.69) is 50.0 Å². The van der Waals surface area contributed by atoms with Gasteiger partial charge in [-0.25, -0.2) is 9.97 Å². The van der Waals surface area contributed by atoms with Crippen LogP contribution >= 0.6 is 15.9 Å². The number of nitrogens with one attached hydrogen (secondary N) is 1. The number of anilines is 2. The van der Waals surface area contributed by atoms with Crippen molar-refractivity contribution in [2.75, 3.05) is 23.3 Å². The standard InChI is InChI=1S/C18H23BrN4O/c1-4-8-23(9-5-2)17-11-16(20-12-21-17)18(24)22-14-6-7-15(19)13(3)10-14/h6-7,10-12H,4-5,8-9H2,1-3H3,(H,22,24). The van der Waals surface area contributed by atoms with Crippen molar-refractivity contribution in [1.29, 1.82) is 0 Å². The van der Waals surface area contributed by atoms with Gasteiger partial charge in [0.2, 0.25) is 0 Å². The van der Waals surface area contributed by atoms with E-state index in [1.807, 2.05) is 25.1 Å². The van der Waals surface area contributed by atoms with Gasteiger partial charge in [0, 0.05) is 29.3 Å². The molecule has 0 saturated heterocycles. The summed E-state index contributed by atoms with van der Waals surface area (Å²) in [6, 6.07) is 7.45. The number of aromatic nitrogens is 2. The minimum absolute atomic E-state index is 0.228. The highest BCUT2D eigenvalue weighted by Crippen LogP contribution is 2.20. The quantitative estimate of drug-likeness (QED) is 0.759. The van der Waals surface area contributed by atoms with Crippen LogP contribution in [-0.4, -0.2) is 29.0 Å². The minimum atomic E-state index is -0.228. The predicted octanol–water partition coefficient (Wildman–Crippen LogP) is 4.43. The van der Waals surface area contributed by atoms with Crippen molar-refractivity contribution in [3.8, 4) is 0 Å². The Kier molecular flexibility index (Phi) is 6.73. The van der Waals surface area contributed by atoms with Crippen LogP contribution in [0.3, 0.4) is 0 Å². The molecule has 1 aromatic carbocycles. The van der Waals surface area contributed by atoms with Crippen LogP contribution in [0.15, 0.2) is 35.1 Å². The largest absolute Gasteiger partial charge is 0.357 e. The third kappa shape index (κ3) is 4.77. The van der Waals surface area contributed by atoms with E-state index in [0.717, 1.165) is 47.5 Å². The fourth-order valence-corrected chi connectivity index (χ4v) is 2.69. The van der Waals surface area contributed by atoms with Gasteiger partial charge in [0.1, 0.15) is 17.8 Å². The fourth-order valence-electron chi connectivity index (χ4n) is 2.44. The smallest absolute Gasteiger partial charge is 0.274 e. The number of halogens is 1. The van der Waals surface area contributed by atoms with E-state index in [1.54, 1.807) is 6.07 Å². The molecule has 1 amide bonds. The first-order valence-electron chi connectivity index (χ1n) is 8.19. The van der Waals surface area contributed by atoms with Crippen molar-refractivity contribution >= 4 is 33.3 Å². The van der Waals surface area contributed by atoms with Gasteiger partial charge in [-0.1, -0.05) is 29.8 Å². The Morgan fingerprint density at radius 1 is 1.17 bits per heavy atom. The Morgan fingerprint density at radius 3 is 2.50 bits per heavy atom. The van der Waals surface area contributed by atoms with Gasteiger partial charge in [-0.2, -0.15) is 0 Å². The number of hydrogen-bond acceptors (Lipinski definition) is 4. The van der Waals surface area contributed by atoms with Crippen LogP contribution < -0.4 is 10.2 Å². The maximum absolute atomic E-state index is 12.5. The Balaban J connectivity index is 2.17. The topological polar surface area (TPSA) is 58.1 Å².